The van der Waals surface area contributed by atoms with Gasteiger partial charge in [-0.1, -0.05) is 11.6 Å². The normalized spacial score (nSPS) is 11.0. The van der Waals surface area contributed by atoms with E-state index in [1.54, 1.807) is 14.0 Å². The molecule has 2 rings (SSSR count). The number of halogens is 3. The minimum Gasteiger partial charge on any atom is -0.399 e. The van der Waals surface area contributed by atoms with Crippen LogP contribution < -0.4 is 5.73 Å². The highest BCUT2D eigenvalue weighted by molar-refractivity contribution is 7.98. The summed E-state index contributed by atoms with van der Waals surface area (Å²) in [5.41, 5.74) is 6.94. The molecule has 0 saturated heterocycles. The van der Waals surface area contributed by atoms with Gasteiger partial charge in [0.2, 0.25) is 0 Å². The van der Waals surface area contributed by atoms with Crippen LogP contribution in [-0.2, 0) is 12.8 Å². The van der Waals surface area contributed by atoms with Gasteiger partial charge in [-0.2, -0.15) is 5.10 Å². The standard InChI is InChI=1S/C12H12ClF2N3S/c1-6-8(12(13)18(2)17-6)5-19-11-9(14)3-7(16)4-10(11)15/h3-4H,5,16H2,1-2H3. The Morgan fingerprint density at radius 2 is 1.95 bits per heavy atom. The van der Waals surface area contributed by atoms with E-state index in [9.17, 15) is 8.78 Å². The molecule has 7 heteroatoms. The lowest BCUT2D eigenvalue weighted by Crippen LogP contribution is -1.94. The molecule has 0 saturated carbocycles. The second-order valence-electron chi connectivity index (χ2n) is 4.08. The fourth-order valence-electron chi connectivity index (χ4n) is 1.70. The predicted octanol–water partition coefficient (Wildman–Crippen LogP) is 3.53. The zero-order chi connectivity index (χ0) is 14.2. The second-order valence-corrected chi connectivity index (χ2v) is 5.42. The largest absolute Gasteiger partial charge is 0.399 e. The van der Waals surface area contributed by atoms with E-state index in [1.165, 1.54) is 4.68 Å². The van der Waals surface area contributed by atoms with E-state index in [0.29, 0.717) is 10.9 Å². The van der Waals surface area contributed by atoms with Crippen LogP contribution in [0.5, 0.6) is 0 Å². The molecule has 0 fully saturated rings. The van der Waals surface area contributed by atoms with E-state index in [4.69, 9.17) is 17.3 Å². The minimum atomic E-state index is -0.667. The number of nitrogens with zero attached hydrogens (tertiary/aromatic N) is 2. The van der Waals surface area contributed by atoms with Crippen molar-refractivity contribution in [1.82, 2.24) is 9.78 Å². The van der Waals surface area contributed by atoms with Gasteiger partial charge in [0, 0.05) is 24.1 Å². The van der Waals surface area contributed by atoms with Crippen LogP contribution >= 0.6 is 23.4 Å². The van der Waals surface area contributed by atoms with E-state index in [0.717, 1.165) is 35.2 Å². The van der Waals surface area contributed by atoms with Gasteiger partial charge in [-0.25, -0.2) is 8.78 Å². The highest BCUT2D eigenvalue weighted by Crippen LogP contribution is 2.32. The SMILES string of the molecule is Cc1nn(C)c(Cl)c1CSc1c(F)cc(N)cc1F. The third-order valence-electron chi connectivity index (χ3n) is 2.65. The van der Waals surface area contributed by atoms with Gasteiger partial charge in [-0.3, -0.25) is 4.68 Å². The van der Waals surface area contributed by atoms with E-state index in [-0.39, 0.29) is 10.6 Å². The maximum Gasteiger partial charge on any atom is 0.141 e. The number of hydrogen-bond donors (Lipinski definition) is 1. The maximum absolute atomic E-state index is 13.6. The third kappa shape index (κ3) is 2.84. The van der Waals surface area contributed by atoms with Crippen LogP contribution in [0.1, 0.15) is 11.3 Å². The molecule has 0 radical (unpaired) electrons. The number of thioether (sulfide) groups is 1. The fourth-order valence-corrected chi connectivity index (χ4v) is 3.05. The number of nitrogens with two attached hydrogens (primary N) is 1. The van der Waals surface area contributed by atoms with Crippen molar-refractivity contribution in [3.8, 4) is 0 Å². The first-order valence-electron chi connectivity index (χ1n) is 5.45. The summed E-state index contributed by atoms with van der Waals surface area (Å²) in [5.74, 6) is -0.990. The molecule has 0 spiro atoms. The fraction of sp³-hybridized carbons (Fsp3) is 0.250. The topological polar surface area (TPSA) is 43.8 Å². The number of anilines is 1. The summed E-state index contributed by atoms with van der Waals surface area (Å²) in [6.45, 7) is 1.80. The van der Waals surface area contributed by atoms with Gasteiger partial charge >= 0.3 is 0 Å². The summed E-state index contributed by atoms with van der Waals surface area (Å²) in [7, 11) is 1.72. The minimum absolute atomic E-state index is 0.0616. The molecule has 2 N–H and O–H groups in total. The van der Waals surface area contributed by atoms with Crippen molar-refractivity contribution in [1.29, 1.82) is 0 Å². The van der Waals surface area contributed by atoms with Crippen molar-refractivity contribution in [2.45, 2.75) is 17.6 Å². The molecule has 0 bridgehead atoms. The average molecular weight is 304 g/mol. The number of nitrogen functional groups attached to an aromatic ring is 1. The van der Waals surface area contributed by atoms with Crippen molar-refractivity contribution in [2.75, 3.05) is 5.73 Å². The summed E-state index contributed by atoms with van der Waals surface area (Å²) < 4.78 is 28.8. The van der Waals surface area contributed by atoms with Crippen LogP contribution in [0.15, 0.2) is 17.0 Å². The number of aryl methyl sites for hydroxylation is 2. The van der Waals surface area contributed by atoms with E-state index in [2.05, 4.69) is 5.10 Å². The lowest BCUT2D eigenvalue weighted by atomic mass is 10.3. The molecule has 19 heavy (non-hydrogen) atoms. The molecular formula is C12H12ClF2N3S. The van der Waals surface area contributed by atoms with Crippen molar-refractivity contribution < 1.29 is 8.78 Å². The summed E-state index contributed by atoms with van der Waals surface area (Å²) in [6.07, 6.45) is 0. The van der Waals surface area contributed by atoms with Gasteiger partial charge in [-0.15, -0.1) is 11.8 Å². The van der Waals surface area contributed by atoms with Gasteiger partial charge in [0.05, 0.1) is 10.6 Å². The van der Waals surface area contributed by atoms with E-state index >= 15 is 0 Å². The highest BCUT2D eigenvalue weighted by atomic mass is 35.5. The van der Waals surface area contributed by atoms with Crippen LogP contribution in [0.25, 0.3) is 0 Å². The van der Waals surface area contributed by atoms with Crippen LogP contribution in [-0.4, -0.2) is 9.78 Å². The molecule has 0 amide bonds. The molecule has 102 valence electrons. The van der Waals surface area contributed by atoms with Gasteiger partial charge in [0.25, 0.3) is 0 Å². The average Bonchev–Trinajstić information content (AvgIpc) is 2.53. The maximum atomic E-state index is 13.6. The first-order valence-corrected chi connectivity index (χ1v) is 6.81. The van der Waals surface area contributed by atoms with Crippen LogP contribution in [0.3, 0.4) is 0 Å². The number of aromatic nitrogens is 2. The lowest BCUT2D eigenvalue weighted by Gasteiger charge is -2.06. The molecule has 0 aliphatic heterocycles. The first-order chi connectivity index (χ1) is 8.90. The molecule has 0 unspecified atom stereocenters. The molecule has 2 aromatic rings. The Kier molecular flexibility index (Phi) is 4.01. The summed E-state index contributed by atoms with van der Waals surface area (Å²) in [4.78, 5) is -0.0616. The Bertz CT molecular complexity index is 605. The summed E-state index contributed by atoms with van der Waals surface area (Å²) >= 11 is 7.10. The Morgan fingerprint density at radius 1 is 1.37 bits per heavy atom. The first kappa shape index (κ1) is 14.1. The van der Waals surface area contributed by atoms with Gasteiger partial charge in [-0.05, 0) is 19.1 Å². The number of benzene rings is 1. The van der Waals surface area contributed by atoms with Gasteiger partial charge in [0.1, 0.15) is 16.8 Å². The van der Waals surface area contributed by atoms with Crippen molar-refractivity contribution >= 4 is 29.1 Å². The van der Waals surface area contributed by atoms with E-state index in [1.807, 2.05) is 0 Å². The summed E-state index contributed by atoms with van der Waals surface area (Å²) in [5, 5.41) is 4.62. The molecule has 3 nitrogen and oxygen atoms in total. The highest BCUT2D eigenvalue weighted by Gasteiger charge is 2.15. The van der Waals surface area contributed by atoms with Crippen LogP contribution in [0.4, 0.5) is 14.5 Å². The van der Waals surface area contributed by atoms with E-state index < -0.39 is 11.6 Å². The Labute approximate surface area is 118 Å². The van der Waals surface area contributed by atoms with Crippen molar-refractivity contribution in [3.63, 3.8) is 0 Å². The third-order valence-corrected chi connectivity index (χ3v) is 4.24. The van der Waals surface area contributed by atoms with Crippen LogP contribution in [0, 0.1) is 18.6 Å². The molecular weight excluding hydrogens is 292 g/mol. The molecule has 0 aliphatic rings. The quantitative estimate of drug-likeness (QED) is 0.697. The zero-order valence-electron chi connectivity index (χ0n) is 10.4. The predicted molar refractivity (Wildman–Crippen MR) is 73.3 cm³/mol. The van der Waals surface area contributed by atoms with Crippen LogP contribution in [0.2, 0.25) is 5.15 Å². The molecule has 1 heterocycles. The second kappa shape index (κ2) is 5.38. The number of hydrogen-bond acceptors (Lipinski definition) is 3. The lowest BCUT2D eigenvalue weighted by molar-refractivity contribution is 0.542. The molecule has 1 aromatic heterocycles. The zero-order valence-corrected chi connectivity index (χ0v) is 11.9. The van der Waals surface area contributed by atoms with Gasteiger partial charge in [0.15, 0.2) is 0 Å². The Balaban J connectivity index is 2.24. The number of rotatable bonds is 3. The molecule has 0 atom stereocenters. The summed E-state index contributed by atoms with van der Waals surface area (Å²) in [6, 6.07) is 2.20. The Morgan fingerprint density at radius 3 is 2.42 bits per heavy atom. The van der Waals surface area contributed by atoms with Gasteiger partial charge < -0.3 is 5.73 Å². The monoisotopic (exact) mass is 303 g/mol. The van der Waals surface area contributed by atoms with Crippen molar-refractivity contribution in [2.24, 2.45) is 7.05 Å². The Hall–Kier alpha value is -1.27. The van der Waals surface area contributed by atoms with Crippen molar-refractivity contribution in [3.05, 3.63) is 40.2 Å². The molecule has 0 aliphatic carbocycles. The molecule has 1 aromatic carbocycles. The smallest absolute Gasteiger partial charge is 0.141 e.